The number of oxime groups is 1. The number of halogens is 1. The number of nitrogens with zero attached hydrogens (tertiary/aromatic N) is 3. The van der Waals surface area contributed by atoms with E-state index in [0.717, 1.165) is 13.1 Å². The Bertz CT molecular complexity index is 787. The van der Waals surface area contributed by atoms with Gasteiger partial charge >= 0.3 is 0 Å². The van der Waals surface area contributed by atoms with E-state index in [-0.39, 0.29) is 11.7 Å². The second kappa shape index (κ2) is 8.77. The van der Waals surface area contributed by atoms with Gasteiger partial charge in [-0.05, 0) is 43.3 Å². The number of amidine groups is 1. The Morgan fingerprint density at radius 1 is 1.07 bits per heavy atom. The summed E-state index contributed by atoms with van der Waals surface area (Å²) < 4.78 is 0. The van der Waals surface area contributed by atoms with Crippen LogP contribution >= 0.6 is 11.6 Å². The summed E-state index contributed by atoms with van der Waals surface area (Å²) in [6.07, 6.45) is -0.695. The number of anilines is 1. The van der Waals surface area contributed by atoms with Gasteiger partial charge in [-0.1, -0.05) is 35.0 Å². The van der Waals surface area contributed by atoms with Gasteiger partial charge < -0.3 is 20.4 Å². The molecule has 0 aliphatic carbocycles. The van der Waals surface area contributed by atoms with E-state index in [1.807, 2.05) is 18.2 Å². The SMILES string of the molecule is C[C@@H](O/N=C(/N)c1ccc(Cl)cc1)C(=O)N1CCN(c2ccccc2)CC1. The van der Waals surface area contributed by atoms with Gasteiger partial charge in [0.15, 0.2) is 5.84 Å². The van der Waals surface area contributed by atoms with Gasteiger partial charge in [0, 0.05) is 42.5 Å². The number of carbonyl (C=O) groups excluding carboxylic acids is 1. The second-order valence-electron chi connectivity index (χ2n) is 6.38. The predicted octanol–water partition coefficient (Wildman–Crippen LogP) is 2.71. The summed E-state index contributed by atoms with van der Waals surface area (Å²) in [4.78, 5) is 22.0. The van der Waals surface area contributed by atoms with Crippen LogP contribution in [0.4, 0.5) is 5.69 Å². The van der Waals surface area contributed by atoms with E-state index < -0.39 is 6.10 Å². The van der Waals surface area contributed by atoms with Crippen LogP contribution in [0.25, 0.3) is 0 Å². The summed E-state index contributed by atoms with van der Waals surface area (Å²) in [6, 6.07) is 17.1. The fourth-order valence-electron chi connectivity index (χ4n) is 2.94. The number of amides is 1. The predicted molar refractivity (Wildman–Crippen MR) is 108 cm³/mol. The van der Waals surface area contributed by atoms with E-state index >= 15 is 0 Å². The molecule has 27 heavy (non-hydrogen) atoms. The number of rotatable bonds is 5. The summed E-state index contributed by atoms with van der Waals surface area (Å²) in [6.45, 7) is 4.57. The van der Waals surface area contributed by atoms with Crippen molar-refractivity contribution in [1.82, 2.24) is 4.90 Å². The van der Waals surface area contributed by atoms with Crippen LogP contribution in [0.3, 0.4) is 0 Å². The Morgan fingerprint density at radius 2 is 1.70 bits per heavy atom. The van der Waals surface area contributed by atoms with Gasteiger partial charge in [0.2, 0.25) is 6.10 Å². The van der Waals surface area contributed by atoms with Crippen LogP contribution in [0.5, 0.6) is 0 Å². The highest BCUT2D eigenvalue weighted by molar-refractivity contribution is 6.30. The van der Waals surface area contributed by atoms with Crippen LogP contribution in [0.15, 0.2) is 59.8 Å². The molecule has 2 aromatic carbocycles. The first-order chi connectivity index (χ1) is 13.0. The zero-order valence-corrected chi connectivity index (χ0v) is 16.0. The van der Waals surface area contributed by atoms with Crippen molar-refractivity contribution in [3.63, 3.8) is 0 Å². The van der Waals surface area contributed by atoms with E-state index in [1.54, 1.807) is 36.1 Å². The summed E-state index contributed by atoms with van der Waals surface area (Å²) in [7, 11) is 0. The number of hydrogen-bond acceptors (Lipinski definition) is 4. The lowest BCUT2D eigenvalue weighted by atomic mass is 10.2. The number of nitrogens with two attached hydrogens (primary N) is 1. The number of hydrogen-bond donors (Lipinski definition) is 1. The minimum Gasteiger partial charge on any atom is -0.381 e. The zero-order valence-electron chi connectivity index (χ0n) is 15.2. The average Bonchev–Trinajstić information content (AvgIpc) is 2.72. The van der Waals surface area contributed by atoms with Crippen LogP contribution in [0.1, 0.15) is 12.5 Å². The molecule has 0 aromatic heterocycles. The van der Waals surface area contributed by atoms with Gasteiger partial charge in [-0.3, -0.25) is 4.79 Å². The molecule has 142 valence electrons. The summed E-state index contributed by atoms with van der Waals surface area (Å²) >= 11 is 5.86. The standard InChI is InChI=1S/C20H23ClN4O2/c1-15(27-23-19(22)16-7-9-17(21)10-8-16)20(26)25-13-11-24(12-14-25)18-5-3-2-4-6-18/h2-10,15H,11-14H2,1H3,(H2,22,23)/t15-/m1/s1. The quantitative estimate of drug-likeness (QED) is 0.487. The van der Waals surface area contributed by atoms with Crippen molar-refractivity contribution in [1.29, 1.82) is 0 Å². The Hall–Kier alpha value is -2.73. The first kappa shape index (κ1) is 19.0. The van der Waals surface area contributed by atoms with Crippen molar-refractivity contribution < 1.29 is 9.63 Å². The van der Waals surface area contributed by atoms with Gasteiger partial charge in [0.1, 0.15) is 0 Å². The third kappa shape index (κ3) is 4.92. The Kier molecular flexibility index (Phi) is 6.19. The lowest BCUT2D eigenvalue weighted by molar-refractivity contribution is -0.142. The molecule has 1 saturated heterocycles. The zero-order chi connectivity index (χ0) is 19.2. The molecule has 1 aliphatic heterocycles. The molecule has 0 saturated carbocycles. The molecule has 0 bridgehead atoms. The molecule has 3 rings (SSSR count). The van der Waals surface area contributed by atoms with Crippen LogP contribution in [0.2, 0.25) is 5.02 Å². The molecule has 6 nitrogen and oxygen atoms in total. The highest BCUT2D eigenvalue weighted by atomic mass is 35.5. The van der Waals surface area contributed by atoms with Gasteiger partial charge in [-0.25, -0.2) is 0 Å². The normalized spacial score (nSPS) is 16.1. The second-order valence-corrected chi connectivity index (χ2v) is 6.82. The molecule has 2 N–H and O–H groups in total. The van der Waals surface area contributed by atoms with E-state index in [9.17, 15) is 4.79 Å². The third-order valence-electron chi connectivity index (χ3n) is 4.51. The molecule has 7 heteroatoms. The van der Waals surface area contributed by atoms with E-state index in [1.165, 1.54) is 5.69 Å². The molecule has 1 heterocycles. The lowest BCUT2D eigenvalue weighted by Crippen LogP contribution is -2.51. The number of para-hydroxylation sites is 1. The molecule has 1 fully saturated rings. The maximum Gasteiger partial charge on any atom is 0.266 e. The highest BCUT2D eigenvalue weighted by Crippen LogP contribution is 2.16. The Morgan fingerprint density at radius 3 is 2.33 bits per heavy atom. The summed E-state index contributed by atoms with van der Waals surface area (Å²) in [5.41, 5.74) is 7.77. The molecular formula is C20H23ClN4O2. The molecule has 1 aliphatic rings. The van der Waals surface area contributed by atoms with E-state index in [2.05, 4.69) is 22.2 Å². The van der Waals surface area contributed by atoms with Crippen molar-refractivity contribution >= 4 is 29.0 Å². The first-order valence-electron chi connectivity index (χ1n) is 8.88. The minimum absolute atomic E-state index is 0.0876. The molecule has 1 amide bonds. The minimum atomic E-state index is -0.695. The van der Waals surface area contributed by atoms with Crippen molar-refractivity contribution in [3.8, 4) is 0 Å². The van der Waals surface area contributed by atoms with Crippen LogP contribution < -0.4 is 10.6 Å². The van der Waals surface area contributed by atoms with Gasteiger partial charge in [0.05, 0.1) is 0 Å². The van der Waals surface area contributed by atoms with Gasteiger partial charge in [0.25, 0.3) is 5.91 Å². The Balaban J connectivity index is 1.52. The summed E-state index contributed by atoms with van der Waals surface area (Å²) in [5, 5.41) is 4.51. The number of piperazine rings is 1. The molecule has 2 aromatic rings. The first-order valence-corrected chi connectivity index (χ1v) is 9.26. The van der Waals surface area contributed by atoms with Gasteiger partial charge in [-0.2, -0.15) is 0 Å². The molecule has 0 spiro atoms. The van der Waals surface area contributed by atoms with Crippen molar-refractivity contribution in [2.75, 3.05) is 31.1 Å². The fourth-order valence-corrected chi connectivity index (χ4v) is 3.06. The molecule has 0 unspecified atom stereocenters. The number of carbonyl (C=O) groups is 1. The topological polar surface area (TPSA) is 71.2 Å². The largest absolute Gasteiger partial charge is 0.381 e. The van der Waals surface area contributed by atoms with Crippen LogP contribution in [-0.2, 0) is 9.63 Å². The number of benzene rings is 2. The monoisotopic (exact) mass is 386 g/mol. The maximum absolute atomic E-state index is 12.6. The maximum atomic E-state index is 12.6. The van der Waals surface area contributed by atoms with E-state index in [4.69, 9.17) is 22.2 Å². The molecular weight excluding hydrogens is 364 g/mol. The Labute approximate surface area is 164 Å². The summed E-state index contributed by atoms with van der Waals surface area (Å²) in [5.74, 6) is 0.121. The van der Waals surface area contributed by atoms with Crippen molar-refractivity contribution in [2.24, 2.45) is 10.9 Å². The van der Waals surface area contributed by atoms with Gasteiger partial charge in [-0.15, -0.1) is 0 Å². The lowest BCUT2D eigenvalue weighted by Gasteiger charge is -2.36. The highest BCUT2D eigenvalue weighted by Gasteiger charge is 2.26. The van der Waals surface area contributed by atoms with E-state index in [0.29, 0.717) is 23.7 Å². The van der Waals surface area contributed by atoms with Crippen LogP contribution in [0, 0.1) is 0 Å². The molecule has 0 radical (unpaired) electrons. The van der Waals surface area contributed by atoms with Crippen LogP contribution in [-0.4, -0.2) is 48.9 Å². The molecule has 1 atom stereocenters. The third-order valence-corrected chi connectivity index (χ3v) is 4.76. The average molecular weight is 387 g/mol. The fraction of sp³-hybridized carbons (Fsp3) is 0.300. The van der Waals surface area contributed by atoms with Crippen molar-refractivity contribution in [2.45, 2.75) is 13.0 Å². The van der Waals surface area contributed by atoms with Crippen molar-refractivity contribution in [3.05, 3.63) is 65.2 Å². The smallest absolute Gasteiger partial charge is 0.266 e.